The average molecular weight is 528 g/mol. The van der Waals surface area contributed by atoms with E-state index in [4.69, 9.17) is 21.9 Å². The van der Waals surface area contributed by atoms with E-state index >= 15 is 0 Å². The second kappa shape index (κ2) is 12.7. The topological polar surface area (TPSA) is 194 Å². The average Bonchev–Trinajstić information content (AvgIpc) is 3.22. The van der Waals surface area contributed by atoms with Crippen LogP contribution >= 0.6 is 11.9 Å². The van der Waals surface area contributed by atoms with Crippen molar-refractivity contribution < 1.29 is 19.2 Å². The van der Waals surface area contributed by atoms with Crippen LogP contribution in [0, 0.1) is 10.1 Å². The van der Waals surface area contributed by atoms with Crippen molar-refractivity contribution in [3.05, 3.63) is 70.4 Å². The van der Waals surface area contributed by atoms with Crippen molar-refractivity contribution >= 4 is 46.4 Å². The number of aromatic nitrogens is 1. The van der Waals surface area contributed by atoms with E-state index < -0.39 is 28.9 Å². The number of para-hydroxylation sites is 2. The largest absolute Gasteiger partial charge is 0.467 e. The van der Waals surface area contributed by atoms with Crippen LogP contribution in [0.4, 0.5) is 5.69 Å². The zero-order valence-electron chi connectivity index (χ0n) is 20.2. The molecule has 0 radical (unpaired) electrons. The summed E-state index contributed by atoms with van der Waals surface area (Å²) in [5.74, 6) is -1.16. The standard InChI is InChI=1S/C24H29N7O5S/c1-36-23(33)18(8-6-12-28-24(26)27)29-22(32)17(25)13-15-14-30(19-9-3-2-7-16(15)19)37-21-11-5-4-10-20(21)31(34)35/h2-5,7,9-11,14,17-18H,6,8,12-13,25H2,1H3,(H,29,32)(H4,26,27,28)/t17-,18+/m1/s1. The predicted octanol–water partition coefficient (Wildman–Crippen LogP) is 1.69. The van der Waals surface area contributed by atoms with Crippen LogP contribution in [0.5, 0.6) is 0 Å². The van der Waals surface area contributed by atoms with Crippen molar-refractivity contribution in [3.8, 4) is 0 Å². The number of nitro benzene ring substituents is 1. The first-order valence-corrected chi connectivity index (χ1v) is 12.2. The van der Waals surface area contributed by atoms with Gasteiger partial charge in [-0.25, -0.2) is 4.79 Å². The Bertz CT molecular complexity index is 1310. The third kappa shape index (κ3) is 7.21. The van der Waals surface area contributed by atoms with E-state index in [2.05, 4.69) is 10.3 Å². The molecule has 1 aromatic heterocycles. The van der Waals surface area contributed by atoms with Crippen LogP contribution in [0.15, 0.2) is 64.6 Å². The number of benzene rings is 2. The van der Waals surface area contributed by atoms with Crippen molar-refractivity contribution in [1.29, 1.82) is 0 Å². The molecule has 13 heteroatoms. The molecule has 2 aromatic carbocycles. The molecule has 0 fully saturated rings. The number of nitrogens with one attached hydrogen (secondary N) is 1. The maximum Gasteiger partial charge on any atom is 0.328 e. The third-order valence-electron chi connectivity index (χ3n) is 5.54. The zero-order valence-corrected chi connectivity index (χ0v) is 21.0. The van der Waals surface area contributed by atoms with E-state index in [9.17, 15) is 19.7 Å². The van der Waals surface area contributed by atoms with Crippen LogP contribution in [-0.2, 0) is 20.7 Å². The molecule has 7 N–H and O–H groups in total. The van der Waals surface area contributed by atoms with Crippen LogP contribution in [0.25, 0.3) is 10.9 Å². The minimum atomic E-state index is -0.958. The molecule has 2 atom stereocenters. The number of hydrogen-bond donors (Lipinski definition) is 4. The molecule has 196 valence electrons. The molecule has 0 aliphatic heterocycles. The third-order valence-corrected chi connectivity index (χ3v) is 6.58. The molecule has 0 saturated carbocycles. The second-order valence-electron chi connectivity index (χ2n) is 8.16. The predicted molar refractivity (Wildman–Crippen MR) is 142 cm³/mol. The highest BCUT2D eigenvalue weighted by molar-refractivity contribution is 7.98. The number of carbonyl (C=O) groups is 2. The van der Waals surface area contributed by atoms with Gasteiger partial charge in [0.25, 0.3) is 5.69 Å². The minimum Gasteiger partial charge on any atom is -0.467 e. The van der Waals surface area contributed by atoms with E-state index in [-0.39, 0.29) is 24.5 Å². The Labute approximate surface area is 217 Å². The normalized spacial score (nSPS) is 12.5. The van der Waals surface area contributed by atoms with Crippen LogP contribution in [0.2, 0.25) is 0 Å². The molecule has 3 aromatic rings. The lowest BCUT2D eigenvalue weighted by atomic mass is 10.0. The number of ether oxygens (including phenoxy) is 1. The van der Waals surface area contributed by atoms with Crippen molar-refractivity contribution in [2.24, 2.45) is 22.2 Å². The second-order valence-corrected chi connectivity index (χ2v) is 9.17. The first-order chi connectivity index (χ1) is 17.7. The Hall–Kier alpha value is -4.10. The number of amides is 1. The molecule has 1 heterocycles. The van der Waals surface area contributed by atoms with Crippen LogP contribution in [0.3, 0.4) is 0 Å². The maximum atomic E-state index is 12.9. The Morgan fingerprint density at radius 1 is 1.19 bits per heavy atom. The fourth-order valence-electron chi connectivity index (χ4n) is 3.75. The fraction of sp³-hybridized carbons (Fsp3) is 0.292. The molecule has 0 saturated heterocycles. The highest BCUT2D eigenvalue weighted by Gasteiger charge is 2.25. The maximum absolute atomic E-state index is 12.9. The van der Waals surface area contributed by atoms with E-state index in [0.29, 0.717) is 17.9 Å². The number of nitro groups is 1. The zero-order chi connectivity index (χ0) is 26.9. The molecule has 3 rings (SSSR count). The van der Waals surface area contributed by atoms with Gasteiger partial charge in [-0.15, -0.1) is 0 Å². The van der Waals surface area contributed by atoms with Gasteiger partial charge in [0.2, 0.25) is 5.91 Å². The molecule has 0 aliphatic rings. The fourth-order valence-corrected chi connectivity index (χ4v) is 4.78. The summed E-state index contributed by atoms with van der Waals surface area (Å²) in [6.45, 7) is 0.300. The monoisotopic (exact) mass is 527 g/mol. The summed E-state index contributed by atoms with van der Waals surface area (Å²) in [5, 5.41) is 15.0. The quantitative estimate of drug-likeness (QED) is 0.0677. The highest BCUT2D eigenvalue weighted by atomic mass is 32.2. The molecule has 12 nitrogen and oxygen atoms in total. The first-order valence-electron chi connectivity index (χ1n) is 11.4. The molecule has 0 spiro atoms. The highest BCUT2D eigenvalue weighted by Crippen LogP contribution is 2.34. The summed E-state index contributed by atoms with van der Waals surface area (Å²) in [7, 11) is 1.24. The summed E-state index contributed by atoms with van der Waals surface area (Å²) in [6, 6.07) is 12.1. The number of esters is 1. The Balaban J connectivity index is 1.76. The molecule has 0 unspecified atom stereocenters. The van der Waals surface area contributed by atoms with Gasteiger partial charge < -0.3 is 27.3 Å². The Morgan fingerprint density at radius 2 is 1.89 bits per heavy atom. The molecule has 0 aliphatic carbocycles. The van der Waals surface area contributed by atoms with E-state index in [0.717, 1.165) is 16.5 Å². The first kappa shape index (κ1) is 27.5. The van der Waals surface area contributed by atoms with Gasteiger partial charge in [-0.3, -0.25) is 23.9 Å². The number of methoxy groups -OCH3 is 1. The van der Waals surface area contributed by atoms with E-state index in [1.807, 2.05) is 34.4 Å². The molecule has 1 amide bonds. The van der Waals surface area contributed by atoms with E-state index in [1.54, 1.807) is 18.2 Å². The number of fused-ring (bicyclic) bond motifs is 1. The van der Waals surface area contributed by atoms with Crippen LogP contribution < -0.4 is 22.5 Å². The van der Waals surface area contributed by atoms with Crippen LogP contribution in [0.1, 0.15) is 18.4 Å². The number of nitrogens with two attached hydrogens (primary N) is 3. The van der Waals surface area contributed by atoms with Gasteiger partial charge in [0, 0.05) is 24.2 Å². The van der Waals surface area contributed by atoms with Crippen molar-refractivity contribution in [2.75, 3.05) is 13.7 Å². The summed E-state index contributed by atoms with van der Waals surface area (Å²) in [5.41, 5.74) is 18.4. The lowest BCUT2D eigenvalue weighted by Gasteiger charge is -2.19. The Kier molecular flexibility index (Phi) is 9.46. The SMILES string of the molecule is COC(=O)[C@H](CCCN=C(N)N)NC(=O)[C@H](N)Cc1cn(Sc2ccccc2[N+](=O)[O-])c2ccccc12. The van der Waals surface area contributed by atoms with Gasteiger partial charge in [-0.2, -0.15) is 0 Å². The van der Waals surface area contributed by atoms with Crippen LogP contribution in [-0.4, -0.2) is 52.5 Å². The number of aliphatic imine (C=N–C) groups is 1. The van der Waals surface area contributed by atoms with Gasteiger partial charge in [-0.05, 0) is 48.9 Å². The van der Waals surface area contributed by atoms with Gasteiger partial charge in [-0.1, -0.05) is 30.3 Å². The van der Waals surface area contributed by atoms with Gasteiger partial charge in [0.15, 0.2) is 5.96 Å². The van der Waals surface area contributed by atoms with Gasteiger partial charge >= 0.3 is 5.97 Å². The smallest absolute Gasteiger partial charge is 0.328 e. The Morgan fingerprint density at radius 3 is 2.59 bits per heavy atom. The number of carbonyl (C=O) groups excluding carboxylic acids is 2. The lowest BCUT2D eigenvalue weighted by molar-refractivity contribution is -0.387. The minimum absolute atomic E-state index is 0.00315. The summed E-state index contributed by atoms with van der Waals surface area (Å²) >= 11 is 1.20. The summed E-state index contributed by atoms with van der Waals surface area (Å²) in [4.78, 5) is 40.4. The molecular weight excluding hydrogens is 498 g/mol. The number of hydrogen-bond acceptors (Lipinski definition) is 8. The van der Waals surface area contributed by atoms with E-state index in [1.165, 1.54) is 25.1 Å². The van der Waals surface area contributed by atoms with Crippen molar-refractivity contribution in [2.45, 2.75) is 36.2 Å². The lowest BCUT2D eigenvalue weighted by Crippen LogP contribution is -2.49. The number of nitrogens with zero attached hydrogens (tertiary/aromatic N) is 3. The summed E-state index contributed by atoms with van der Waals surface area (Å²) in [6.07, 6.45) is 2.71. The molecule has 37 heavy (non-hydrogen) atoms. The van der Waals surface area contributed by atoms with Crippen molar-refractivity contribution in [1.82, 2.24) is 9.29 Å². The van der Waals surface area contributed by atoms with Crippen molar-refractivity contribution in [3.63, 3.8) is 0 Å². The van der Waals surface area contributed by atoms with Gasteiger partial charge in [0.1, 0.15) is 10.9 Å². The van der Waals surface area contributed by atoms with Gasteiger partial charge in [0.05, 0.1) is 23.6 Å². The number of guanidine groups is 1. The molecule has 0 bridgehead atoms. The molecular formula is C24H29N7O5S. The summed E-state index contributed by atoms with van der Waals surface area (Å²) < 4.78 is 6.62. The number of rotatable bonds is 12.